The van der Waals surface area contributed by atoms with E-state index in [0.29, 0.717) is 11.3 Å². The summed E-state index contributed by atoms with van der Waals surface area (Å²) in [6.45, 7) is 7.04. The van der Waals surface area contributed by atoms with E-state index in [4.69, 9.17) is 4.74 Å². The van der Waals surface area contributed by atoms with Crippen LogP contribution in [0.4, 0.5) is 4.39 Å². The Morgan fingerprint density at radius 2 is 1.76 bits per heavy atom. The van der Waals surface area contributed by atoms with Gasteiger partial charge in [-0.15, -0.1) is 0 Å². The van der Waals surface area contributed by atoms with Gasteiger partial charge in [-0.05, 0) is 62.6 Å². The fraction of sp³-hybridized carbons (Fsp3) is 0.263. The number of hydrogen-bond donors (Lipinski definition) is 2. The lowest BCUT2D eigenvalue weighted by atomic mass is 10.1. The van der Waals surface area contributed by atoms with E-state index in [-0.39, 0.29) is 5.56 Å². The minimum atomic E-state index is -0.810. The van der Waals surface area contributed by atoms with Crippen LogP contribution in [0.15, 0.2) is 36.4 Å². The maximum absolute atomic E-state index is 13.5. The van der Waals surface area contributed by atoms with Crippen molar-refractivity contribution >= 4 is 11.8 Å². The van der Waals surface area contributed by atoms with Crippen LogP contribution in [0, 0.1) is 26.6 Å². The van der Waals surface area contributed by atoms with Gasteiger partial charge in [-0.3, -0.25) is 20.4 Å². The zero-order valence-electron chi connectivity index (χ0n) is 14.6. The minimum Gasteiger partial charge on any atom is -0.481 e. The molecule has 0 aliphatic rings. The molecule has 2 amide bonds. The lowest BCUT2D eigenvalue weighted by Gasteiger charge is -2.17. The SMILES string of the molecule is Cc1ccc(C(=O)NNC(=O)[C@@H](C)Oc2cccc(C)c2C)cc1F. The first-order valence-electron chi connectivity index (χ1n) is 7.89. The second-order valence-electron chi connectivity index (χ2n) is 5.87. The fourth-order valence-corrected chi connectivity index (χ4v) is 2.12. The molecule has 5 nitrogen and oxygen atoms in total. The van der Waals surface area contributed by atoms with E-state index in [0.717, 1.165) is 17.2 Å². The Hall–Kier alpha value is -2.89. The molecule has 25 heavy (non-hydrogen) atoms. The summed E-state index contributed by atoms with van der Waals surface area (Å²) in [5.74, 6) is -0.992. The maximum Gasteiger partial charge on any atom is 0.279 e. The minimum absolute atomic E-state index is 0.117. The topological polar surface area (TPSA) is 67.4 Å². The first-order chi connectivity index (χ1) is 11.8. The van der Waals surface area contributed by atoms with Crippen LogP contribution in [-0.4, -0.2) is 17.9 Å². The normalized spacial score (nSPS) is 11.6. The van der Waals surface area contributed by atoms with E-state index in [1.54, 1.807) is 19.9 Å². The summed E-state index contributed by atoms with van der Waals surface area (Å²) < 4.78 is 19.1. The predicted octanol–water partition coefficient (Wildman–Crippen LogP) is 2.98. The van der Waals surface area contributed by atoms with E-state index in [1.807, 2.05) is 26.0 Å². The van der Waals surface area contributed by atoms with Crippen LogP contribution in [0.5, 0.6) is 5.75 Å². The highest BCUT2D eigenvalue weighted by Gasteiger charge is 2.17. The van der Waals surface area contributed by atoms with Crippen molar-refractivity contribution < 1.29 is 18.7 Å². The zero-order chi connectivity index (χ0) is 18.6. The summed E-state index contributed by atoms with van der Waals surface area (Å²) in [6, 6.07) is 9.67. The summed E-state index contributed by atoms with van der Waals surface area (Å²) in [4.78, 5) is 24.0. The molecule has 0 radical (unpaired) electrons. The number of hydrogen-bond acceptors (Lipinski definition) is 3. The van der Waals surface area contributed by atoms with Gasteiger partial charge in [0.25, 0.3) is 11.8 Å². The van der Waals surface area contributed by atoms with E-state index in [2.05, 4.69) is 10.9 Å². The van der Waals surface area contributed by atoms with Gasteiger partial charge in [-0.2, -0.15) is 0 Å². The lowest BCUT2D eigenvalue weighted by molar-refractivity contribution is -0.128. The van der Waals surface area contributed by atoms with Gasteiger partial charge in [-0.25, -0.2) is 4.39 Å². The second-order valence-corrected chi connectivity index (χ2v) is 5.87. The molecule has 0 aliphatic heterocycles. The van der Waals surface area contributed by atoms with Gasteiger partial charge >= 0.3 is 0 Å². The van der Waals surface area contributed by atoms with Gasteiger partial charge < -0.3 is 4.74 Å². The Kier molecular flexibility index (Phi) is 5.75. The Labute approximate surface area is 146 Å². The summed E-state index contributed by atoms with van der Waals surface area (Å²) in [6.07, 6.45) is -0.810. The molecule has 0 aliphatic carbocycles. The van der Waals surface area contributed by atoms with E-state index >= 15 is 0 Å². The van der Waals surface area contributed by atoms with Crippen molar-refractivity contribution in [2.75, 3.05) is 0 Å². The number of ether oxygens (including phenoxy) is 1. The van der Waals surface area contributed by atoms with Crippen molar-refractivity contribution in [1.29, 1.82) is 0 Å². The third kappa shape index (κ3) is 4.56. The molecule has 0 heterocycles. The molecule has 2 N–H and O–H groups in total. The van der Waals surface area contributed by atoms with Crippen LogP contribution in [-0.2, 0) is 4.79 Å². The highest BCUT2D eigenvalue weighted by molar-refractivity contribution is 5.95. The highest BCUT2D eigenvalue weighted by atomic mass is 19.1. The number of benzene rings is 2. The molecule has 2 aromatic carbocycles. The quantitative estimate of drug-likeness (QED) is 0.838. The first-order valence-corrected chi connectivity index (χ1v) is 7.89. The molecular formula is C19H21FN2O3. The molecule has 0 saturated carbocycles. The number of hydrazine groups is 1. The van der Waals surface area contributed by atoms with Gasteiger partial charge in [0.15, 0.2) is 6.10 Å². The first kappa shape index (κ1) is 18.4. The van der Waals surface area contributed by atoms with Crippen molar-refractivity contribution in [3.05, 3.63) is 64.5 Å². The number of amides is 2. The number of halogens is 1. The van der Waals surface area contributed by atoms with E-state index in [9.17, 15) is 14.0 Å². The molecule has 0 unspecified atom stereocenters. The molecule has 0 fully saturated rings. The monoisotopic (exact) mass is 344 g/mol. The van der Waals surface area contributed by atoms with Crippen molar-refractivity contribution in [1.82, 2.24) is 10.9 Å². The zero-order valence-corrected chi connectivity index (χ0v) is 14.6. The molecule has 132 valence electrons. The van der Waals surface area contributed by atoms with Crippen LogP contribution < -0.4 is 15.6 Å². The van der Waals surface area contributed by atoms with Crippen LogP contribution in [0.25, 0.3) is 0 Å². The molecule has 1 atom stereocenters. The molecule has 0 spiro atoms. The van der Waals surface area contributed by atoms with Crippen molar-refractivity contribution in [2.45, 2.75) is 33.8 Å². The molecule has 2 rings (SSSR count). The Morgan fingerprint density at radius 1 is 1.04 bits per heavy atom. The second kappa shape index (κ2) is 7.79. The smallest absolute Gasteiger partial charge is 0.279 e. The van der Waals surface area contributed by atoms with Gasteiger partial charge in [0.05, 0.1) is 0 Å². The van der Waals surface area contributed by atoms with Gasteiger partial charge in [0.2, 0.25) is 0 Å². The van der Waals surface area contributed by atoms with Crippen LogP contribution in [0.1, 0.15) is 34.0 Å². The number of rotatable bonds is 4. The third-order valence-electron chi connectivity index (χ3n) is 3.96. The van der Waals surface area contributed by atoms with Gasteiger partial charge in [0.1, 0.15) is 11.6 Å². The molecule has 0 bridgehead atoms. The van der Waals surface area contributed by atoms with Crippen LogP contribution in [0.3, 0.4) is 0 Å². The average molecular weight is 344 g/mol. The van der Waals surface area contributed by atoms with Gasteiger partial charge in [-0.1, -0.05) is 18.2 Å². The lowest BCUT2D eigenvalue weighted by Crippen LogP contribution is -2.47. The molecule has 0 aromatic heterocycles. The average Bonchev–Trinajstić information content (AvgIpc) is 2.58. The van der Waals surface area contributed by atoms with Crippen molar-refractivity contribution in [2.24, 2.45) is 0 Å². The Bertz CT molecular complexity index is 805. The number of carbonyl (C=O) groups excluding carboxylic acids is 2. The molecular weight excluding hydrogens is 323 g/mol. The fourth-order valence-electron chi connectivity index (χ4n) is 2.12. The molecule has 2 aromatic rings. The predicted molar refractivity (Wildman–Crippen MR) is 92.8 cm³/mol. The van der Waals surface area contributed by atoms with Crippen LogP contribution in [0.2, 0.25) is 0 Å². The largest absolute Gasteiger partial charge is 0.481 e. The van der Waals surface area contributed by atoms with Crippen molar-refractivity contribution in [3.8, 4) is 5.75 Å². The maximum atomic E-state index is 13.5. The summed E-state index contributed by atoms with van der Waals surface area (Å²) in [5.41, 5.74) is 7.10. The summed E-state index contributed by atoms with van der Waals surface area (Å²) in [5, 5.41) is 0. The standard InChI is InChI=1S/C19H21FN2O3/c1-11-6-5-7-17(13(11)3)25-14(4)18(23)21-22-19(24)15-9-8-12(2)16(20)10-15/h5-10,14H,1-4H3,(H,21,23)(H,22,24)/t14-/m1/s1. The summed E-state index contributed by atoms with van der Waals surface area (Å²) >= 11 is 0. The van der Waals surface area contributed by atoms with E-state index < -0.39 is 23.7 Å². The van der Waals surface area contributed by atoms with E-state index in [1.165, 1.54) is 12.1 Å². The van der Waals surface area contributed by atoms with Crippen molar-refractivity contribution in [3.63, 3.8) is 0 Å². The number of nitrogens with one attached hydrogen (secondary N) is 2. The number of carbonyl (C=O) groups is 2. The van der Waals surface area contributed by atoms with Gasteiger partial charge in [0, 0.05) is 5.56 Å². The Balaban J connectivity index is 1.93. The highest BCUT2D eigenvalue weighted by Crippen LogP contribution is 2.21. The Morgan fingerprint density at radius 3 is 2.44 bits per heavy atom. The van der Waals surface area contributed by atoms with Crippen LogP contribution >= 0.6 is 0 Å². The molecule has 6 heteroatoms. The molecule has 0 saturated heterocycles. The third-order valence-corrected chi connectivity index (χ3v) is 3.96. The summed E-state index contributed by atoms with van der Waals surface area (Å²) in [7, 11) is 0. The number of aryl methyl sites for hydroxylation is 2.